The smallest absolute Gasteiger partial charge is 0.263 e. The van der Waals surface area contributed by atoms with E-state index in [4.69, 9.17) is 4.74 Å². The van der Waals surface area contributed by atoms with Crippen LogP contribution in [-0.4, -0.2) is 27.4 Å². The van der Waals surface area contributed by atoms with Crippen LogP contribution in [0.1, 0.15) is 49.1 Å². The first-order valence-corrected chi connectivity index (χ1v) is 9.07. The number of carbonyl (C=O) groups excluding carboxylic acids is 1. The summed E-state index contributed by atoms with van der Waals surface area (Å²) in [6.07, 6.45) is 5.63. The second-order valence-electron chi connectivity index (χ2n) is 7.13. The highest BCUT2D eigenvalue weighted by Gasteiger charge is 2.26. The molecule has 140 valence electrons. The number of nitrogens with zero attached hydrogens (tertiary/aromatic N) is 3. The molecule has 1 amide bonds. The Morgan fingerprint density at radius 2 is 2.11 bits per heavy atom. The zero-order chi connectivity index (χ0) is 19.1. The fraction of sp³-hybridized carbons (Fsp3) is 0.350. The zero-order valence-electron chi connectivity index (χ0n) is 15.6. The molecule has 0 aliphatic heterocycles. The summed E-state index contributed by atoms with van der Waals surface area (Å²) in [5.41, 5.74) is 1.17. The number of amides is 1. The molecule has 2 aromatic heterocycles. The number of carbonyl (C=O) groups is 1. The number of pyridine rings is 1. The van der Waals surface area contributed by atoms with Crippen molar-refractivity contribution in [1.82, 2.24) is 14.3 Å². The van der Waals surface area contributed by atoms with Gasteiger partial charge in [0.2, 0.25) is 0 Å². The van der Waals surface area contributed by atoms with Gasteiger partial charge in [0.05, 0.1) is 18.3 Å². The summed E-state index contributed by atoms with van der Waals surface area (Å²) in [6, 6.07) is 7.35. The lowest BCUT2D eigenvalue weighted by Gasteiger charge is -2.11. The minimum absolute atomic E-state index is 0.129. The van der Waals surface area contributed by atoms with Crippen molar-refractivity contribution < 1.29 is 9.53 Å². The van der Waals surface area contributed by atoms with Crippen LogP contribution in [0, 0.1) is 0 Å². The first-order chi connectivity index (χ1) is 13.0. The van der Waals surface area contributed by atoms with Crippen molar-refractivity contribution in [2.75, 3.05) is 12.4 Å². The maximum absolute atomic E-state index is 12.7. The second kappa shape index (κ2) is 6.57. The van der Waals surface area contributed by atoms with Gasteiger partial charge in [-0.05, 0) is 44.9 Å². The van der Waals surface area contributed by atoms with Crippen LogP contribution >= 0.6 is 0 Å². The molecule has 4 rings (SSSR count). The van der Waals surface area contributed by atoms with Crippen LogP contribution in [0.3, 0.4) is 0 Å². The lowest BCUT2D eigenvalue weighted by Crippen LogP contribution is -2.28. The van der Waals surface area contributed by atoms with Crippen LogP contribution in [0.15, 0.2) is 41.5 Å². The highest BCUT2D eigenvalue weighted by Crippen LogP contribution is 2.33. The fourth-order valence-electron chi connectivity index (χ4n) is 3.12. The van der Waals surface area contributed by atoms with E-state index in [9.17, 15) is 9.59 Å². The molecule has 27 heavy (non-hydrogen) atoms. The molecule has 1 aliphatic carbocycles. The average molecular weight is 366 g/mol. The Hall–Kier alpha value is -3.09. The molecule has 1 aromatic carbocycles. The van der Waals surface area contributed by atoms with E-state index in [1.807, 2.05) is 30.8 Å². The van der Waals surface area contributed by atoms with Crippen LogP contribution < -0.4 is 15.6 Å². The van der Waals surface area contributed by atoms with E-state index in [0.29, 0.717) is 11.4 Å². The van der Waals surface area contributed by atoms with E-state index in [2.05, 4.69) is 10.4 Å². The molecule has 2 heterocycles. The molecular formula is C20H22N4O3. The SMILES string of the molecule is COc1cc2nn(C(C)C)cc2cc1NC(=O)c1cccn(C2CC2)c1=O. The van der Waals surface area contributed by atoms with Crippen LogP contribution in [0.4, 0.5) is 5.69 Å². The van der Waals surface area contributed by atoms with E-state index in [1.54, 1.807) is 36.1 Å². The number of methoxy groups -OCH3 is 1. The van der Waals surface area contributed by atoms with Crippen LogP contribution in [0.5, 0.6) is 5.75 Å². The molecule has 1 saturated carbocycles. The highest BCUT2D eigenvalue weighted by molar-refractivity contribution is 6.06. The number of nitrogens with one attached hydrogen (secondary N) is 1. The molecule has 7 heteroatoms. The number of aromatic nitrogens is 3. The van der Waals surface area contributed by atoms with Crippen molar-refractivity contribution in [2.24, 2.45) is 0 Å². The van der Waals surface area contributed by atoms with Crippen molar-refractivity contribution in [3.05, 3.63) is 52.6 Å². The Morgan fingerprint density at radius 3 is 2.78 bits per heavy atom. The van der Waals surface area contributed by atoms with Gasteiger partial charge >= 0.3 is 0 Å². The van der Waals surface area contributed by atoms with Gasteiger partial charge in [-0.2, -0.15) is 5.10 Å². The molecule has 0 radical (unpaired) electrons. The van der Waals surface area contributed by atoms with Gasteiger partial charge in [-0.15, -0.1) is 0 Å². The third-order valence-corrected chi connectivity index (χ3v) is 4.78. The lowest BCUT2D eigenvalue weighted by atomic mass is 10.2. The summed E-state index contributed by atoms with van der Waals surface area (Å²) in [6.45, 7) is 4.10. The normalized spacial score (nSPS) is 13.9. The maximum atomic E-state index is 12.7. The molecule has 3 aromatic rings. The van der Waals surface area contributed by atoms with E-state index in [0.717, 1.165) is 23.7 Å². The van der Waals surface area contributed by atoms with Gasteiger partial charge in [-0.3, -0.25) is 14.3 Å². The Labute approximate surface area is 156 Å². The fourth-order valence-corrected chi connectivity index (χ4v) is 3.12. The second-order valence-corrected chi connectivity index (χ2v) is 7.13. The van der Waals surface area contributed by atoms with Gasteiger partial charge < -0.3 is 14.6 Å². The molecule has 0 saturated heterocycles. The Morgan fingerprint density at radius 1 is 1.33 bits per heavy atom. The quantitative estimate of drug-likeness (QED) is 0.751. The summed E-state index contributed by atoms with van der Waals surface area (Å²) in [7, 11) is 1.54. The molecular weight excluding hydrogens is 344 g/mol. The summed E-state index contributed by atoms with van der Waals surface area (Å²) in [5.74, 6) is 0.0622. The van der Waals surface area contributed by atoms with Crippen molar-refractivity contribution >= 4 is 22.5 Å². The summed E-state index contributed by atoms with van der Waals surface area (Å²) in [5, 5.41) is 8.24. The minimum Gasteiger partial charge on any atom is -0.494 e. The van der Waals surface area contributed by atoms with E-state index < -0.39 is 5.91 Å². The molecule has 0 bridgehead atoms. The number of anilines is 1. The van der Waals surface area contributed by atoms with Crippen molar-refractivity contribution in [1.29, 1.82) is 0 Å². The number of benzene rings is 1. The lowest BCUT2D eigenvalue weighted by molar-refractivity contribution is 0.102. The molecule has 7 nitrogen and oxygen atoms in total. The number of rotatable bonds is 5. The Bertz CT molecular complexity index is 1080. The molecule has 1 fully saturated rings. The zero-order valence-corrected chi connectivity index (χ0v) is 15.6. The molecule has 1 aliphatic rings. The number of hydrogen-bond donors (Lipinski definition) is 1. The predicted octanol–water partition coefficient (Wildman–Crippen LogP) is 3.37. The van der Waals surface area contributed by atoms with Crippen LogP contribution in [0.25, 0.3) is 10.9 Å². The highest BCUT2D eigenvalue weighted by atomic mass is 16.5. The summed E-state index contributed by atoms with van der Waals surface area (Å²) >= 11 is 0. The van der Waals surface area contributed by atoms with Crippen molar-refractivity contribution in [2.45, 2.75) is 38.8 Å². The van der Waals surface area contributed by atoms with Gasteiger partial charge in [0.25, 0.3) is 11.5 Å². The molecule has 1 N–H and O–H groups in total. The molecule has 0 spiro atoms. The summed E-state index contributed by atoms with van der Waals surface area (Å²) < 4.78 is 8.92. The number of fused-ring (bicyclic) bond motifs is 1. The molecule has 0 atom stereocenters. The van der Waals surface area contributed by atoms with Gasteiger partial charge in [0, 0.05) is 35.9 Å². The van der Waals surface area contributed by atoms with Crippen LogP contribution in [0.2, 0.25) is 0 Å². The summed E-state index contributed by atoms with van der Waals surface area (Å²) in [4.78, 5) is 25.3. The van der Waals surface area contributed by atoms with E-state index in [-0.39, 0.29) is 23.2 Å². The predicted molar refractivity (Wildman–Crippen MR) is 104 cm³/mol. The monoisotopic (exact) mass is 366 g/mol. The largest absolute Gasteiger partial charge is 0.494 e. The third-order valence-electron chi connectivity index (χ3n) is 4.78. The van der Waals surface area contributed by atoms with Gasteiger partial charge in [-0.25, -0.2) is 0 Å². The Kier molecular flexibility index (Phi) is 4.22. The standard InChI is InChI=1S/C20H22N4O3/c1-12(2)24-11-13-9-17(18(27-3)10-16(13)22-24)21-19(25)15-5-4-8-23(20(15)26)14-6-7-14/h4-5,8-12,14H,6-7H2,1-3H3,(H,21,25). The van der Waals surface area contributed by atoms with Crippen molar-refractivity contribution in [3.63, 3.8) is 0 Å². The maximum Gasteiger partial charge on any atom is 0.263 e. The van der Waals surface area contributed by atoms with Gasteiger partial charge in [-0.1, -0.05) is 0 Å². The average Bonchev–Trinajstić information content (AvgIpc) is 3.39. The number of hydrogen-bond acceptors (Lipinski definition) is 4. The van der Waals surface area contributed by atoms with Gasteiger partial charge in [0.15, 0.2) is 0 Å². The van der Waals surface area contributed by atoms with Crippen LogP contribution in [-0.2, 0) is 0 Å². The first kappa shape index (κ1) is 17.3. The van der Waals surface area contributed by atoms with E-state index >= 15 is 0 Å². The first-order valence-electron chi connectivity index (χ1n) is 9.07. The van der Waals surface area contributed by atoms with Gasteiger partial charge in [0.1, 0.15) is 11.3 Å². The third kappa shape index (κ3) is 3.20. The topological polar surface area (TPSA) is 78.2 Å². The number of ether oxygens (including phenoxy) is 1. The Balaban J connectivity index is 1.69. The van der Waals surface area contributed by atoms with E-state index in [1.165, 1.54) is 0 Å². The van der Waals surface area contributed by atoms with Crippen molar-refractivity contribution in [3.8, 4) is 5.75 Å². The molecule has 0 unspecified atom stereocenters. The minimum atomic E-state index is -0.441.